The summed E-state index contributed by atoms with van der Waals surface area (Å²) >= 11 is 9.50. The lowest BCUT2D eigenvalue weighted by Crippen LogP contribution is -2.26. The molecular weight excluding hydrogens is 342 g/mol. The lowest BCUT2D eigenvalue weighted by atomic mass is 10.1. The van der Waals surface area contributed by atoms with Crippen LogP contribution in [0.15, 0.2) is 27.2 Å². The molecule has 6 heteroatoms. The molecule has 2 heterocycles. The molecule has 2 rings (SSSR count). The van der Waals surface area contributed by atoms with Gasteiger partial charge in [-0.2, -0.15) is 5.10 Å². The molecule has 4 nitrogen and oxygen atoms in total. The first-order valence-corrected chi connectivity index (χ1v) is 7.93. The number of rotatable bonds is 6. The van der Waals surface area contributed by atoms with Crippen LogP contribution in [-0.2, 0) is 0 Å². The fourth-order valence-electron chi connectivity index (χ4n) is 2.14. The van der Waals surface area contributed by atoms with Gasteiger partial charge in [-0.1, -0.05) is 6.92 Å². The van der Waals surface area contributed by atoms with Gasteiger partial charge in [0, 0.05) is 6.04 Å². The summed E-state index contributed by atoms with van der Waals surface area (Å²) < 4.78 is 8.56. The molecule has 1 N–H and O–H groups in total. The van der Waals surface area contributed by atoms with E-state index in [-0.39, 0.29) is 12.1 Å². The fraction of sp³-hybridized carbons (Fsp3) is 0.500. The fourth-order valence-corrected chi connectivity index (χ4v) is 2.79. The lowest BCUT2D eigenvalue weighted by molar-refractivity contribution is 0.412. The monoisotopic (exact) mass is 359 g/mol. The van der Waals surface area contributed by atoms with Crippen molar-refractivity contribution in [3.63, 3.8) is 0 Å². The Morgan fingerprint density at radius 1 is 1.45 bits per heavy atom. The molecule has 0 radical (unpaired) electrons. The van der Waals surface area contributed by atoms with Crippen LogP contribution < -0.4 is 5.32 Å². The third-order valence-electron chi connectivity index (χ3n) is 3.03. The van der Waals surface area contributed by atoms with Crippen molar-refractivity contribution in [1.29, 1.82) is 0 Å². The van der Waals surface area contributed by atoms with Crippen LogP contribution in [0.2, 0.25) is 5.22 Å². The first-order chi connectivity index (χ1) is 9.54. The van der Waals surface area contributed by atoms with E-state index in [9.17, 15) is 0 Å². The van der Waals surface area contributed by atoms with Crippen LogP contribution in [0.1, 0.15) is 50.7 Å². The minimum absolute atomic E-state index is 0.0678. The summed E-state index contributed by atoms with van der Waals surface area (Å²) in [5.41, 5.74) is 1.06. The van der Waals surface area contributed by atoms with E-state index in [0.29, 0.717) is 5.22 Å². The van der Waals surface area contributed by atoms with Gasteiger partial charge in [0.25, 0.3) is 0 Å². The number of nitrogens with zero attached hydrogens (tertiary/aromatic N) is 2. The van der Waals surface area contributed by atoms with E-state index >= 15 is 0 Å². The quantitative estimate of drug-likeness (QED) is 0.821. The normalized spacial score (nSPS) is 13.1. The maximum Gasteiger partial charge on any atom is 0.193 e. The summed E-state index contributed by atoms with van der Waals surface area (Å²) in [6, 6.07) is 3.87. The second-order valence-corrected chi connectivity index (χ2v) is 6.17. The molecule has 110 valence electrons. The molecular formula is C14H19BrClN3O. The maximum absolute atomic E-state index is 5.91. The van der Waals surface area contributed by atoms with E-state index < -0.39 is 0 Å². The molecule has 0 aliphatic rings. The second-order valence-electron chi connectivity index (χ2n) is 4.95. The number of nitrogens with one attached hydrogen (secondary N) is 1. The van der Waals surface area contributed by atoms with Crippen LogP contribution in [0.4, 0.5) is 0 Å². The molecule has 1 atom stereocenters. The van der Waals surface area contributed by atoms with Crippen molar-refractivity contribution in [2.75, 3.05) is 6.54 Å². The third kappa shape index (κ3) is 3.27. The van der Waals surface area contributed by atoms with Crippen molar-refractivity contribution in [2.45, 2.75) is 39.3 Å². The summed E-state index contributed by atoms with van der Waals surface area (Å²) in [4.78, 5) is 0. The molecule has 0 aliphatic carbocycles. The van der Waals surface area contributed by atoms with Gasteiger partial charge in [0.1, 0.15) is 11.8 Å². The average Bonchev–Trinajstić information content (AvgIpc) is 2.98. The predicted octanol–water partition coefficient (Wildman–Crippen LogP) is 4.56. The van der Waals surface area contributed by atoms with E-state index in [1.165, 1.54) is 0 Å². The highest BCUT2D eigenvalue weighted by atomic mass is 79.9. The molecule has 0 aliphatic heterocycles. The SMILES string of the molecule is CCCNC(c1ccc(Cl)o1)c1c(Br)cnn1C(C)C. The Balaban J connectivity index is 2.43. The van der Waals surface area contributed by atoms with Crippen molar-refractivity contribution in [1.82, 2.24) is 15.1 Å². The van der Waals surface area contributed by atoms with Gasteiger partial charge in [-0.25, -0.2) is 0 Å². The molecule has 0 fully saturated rings. The highest BCUT2D eigenvalue weighted by molar-refractivity contribution is 9.10. The van der Waals surface area contributed by atoms with Crippen molar-refractivity contribution in [2.24, 2.45) is 0 Å². The van der Waals surface area contributed by atoms with Gasteiger partial charge in [0.2, 0.25) is 0 Å². The summed E-state index contributed by atoms with van der Waals surface area (Å²) in [5.74, 6) is 0.798. The van der Waals surface area contributed by atoms with Crippen LogP contribution in [0.25, 0.3) is 0 Å². The summed E-state index contributed by atoms with van der Waals surface area (Å²) in [6.45, 7) is 7.23. The Bertz CT molecular complexity index is 565. The molecule has 2 aromatic rings. The third-order valence-corrected chi connectivity index (χ3v) is 3.84. The molecule has 20 heavy (non-hydrogen) atoms. The van der Waals surface area contributed by atoms with Crippen LogP contribution in [0.3, 0.4) is 0 Å². The summed E-state index contributed by atoms with van der Waals surface area (Å²) in [6.07, 6.45) is 2.86. The van der Waals surface area contributed by atoms with Crippen LogP contribution >= 0.6 is 27.5 Å². The molecule has 0 saturated carbocycles. The zero-order valence-corrected chi connectivity index (χ0v) is 14.2. The van der Waals surface area contributed by atoms with E-state index in [0.717, 1.165) is 28.9 Å². The Morgan fingerprint density at radius 3 is 2.75 bits per heavy atom. The first-order valence-electron chi connectivity index (χ1n) is 6.76. The predicted molar refractivity (Wildman–Crippen MR) is 84.2 cm³/mol. The standard InChI is InChI=1S/C14H19BrClN3O/c1-4-7-17-13(11-5-6-12(16)20-11)14-10(15)8-18-19(14)9(2)3/h5-6,8-9,13,17H,4,7H2,1-3H3. The van der Waals surface area contributed by atoms with Gasteiger partial charge in [-0.15, -0.1) is 0 Å². The molecule has 1 unspecified atom stereocenters. The Kier molecular flexibility index (Phi) is 5.29. The van der Waals surface area contributed by atoms with E-state index in [2.05, 4.69) is 47.1 Å². The highest BCUT2D eigenvalue weighted by Gasteiger charge is 2.25. The second kappa shape index (κ2) is 6.78. The van der Waals surface area contributed by atoms with E-state index in [4.69, 9.17) is 16.0 Å². The Hall–Kier alpha value is -0.780. The van der Waals surface area contributed by atoms with Crippen LogP contribution in [0.5, 0.6) is 0 Å². The van der Waals surface area contributed by atoms with Gasteiger partial charge in [-0.3, -0.25) is 4.68 Å². The minimum atomic E-state index is -0.0678. The summed E-state index contributed by atoms with van der Waals surface area (Å²) in [7, 11) is 0. The molecule has 0 amide bonds. The molecule has 0 bridgehead atoms. The molecule has 0 saturated heterocycles. The van der Waals surface area contributed by atoms with Gasteiger partial charge in [0.15, 0.2) is 5.22 Å². The number of hydrogen-bond acceptors (Lipinski definition) is 3. The van der Waals surface area contributed by atoms with E-state index in [1.54, 1.807) is 6.07 Å². The maximum atomic E-state index is 5.91. The molecule has 0 spiro atoms. The topological polar surface area (TPSA) is 43.0 Å². The Labute approximate surface area is 132 Å². The van der Waals surface area contributed by atoms with E-state index in [1.807, 2.05) is 16.9 Å². The number of hydrogen-bond donors (Lipinski definition) is 1. The number of halogens is 2. The number of aromatic nitrogens is 2. The lowest BCUT2D eigenvalue weighted by Gasteiger charge is -2.20. The van der Waals surface area contributed by atoms with Crippen LogP contribution in [-0.4, -0.2) is 16.3 Å². The minimum Gasteiger partial charge on any atom is -0.448 e. The average molecular weight is 361 g/mol. The van der Waals surface area contributed by atoms with Gasteiger partial charge >= 0.3 is 0 Å². The van der Waals surface area contributed by atoms with Crippen molar-refractivity contribution >= 4 is 27.5 Å². The molecule has 2 aromatic heterocycles. The van der Waals surface area contributed by atoms with Crippen molar-refractivity contribution < 1.29 is 4.42 Å². The zero-order valence-electron chi connectivity index (χ0n) is 11.9. The van der Waals surface area contributed by atoms with Gasteiger partial charge in [0.05, 0.1) is 16.4 Å². The smallest absolute Gasteiger partial charge is 0.193 e. The van der Waals surface area contributed by atoms with Crippen molar-refractivity contribution in [3.8, 4) is 0 Å². The molecule has 0 aromatic carbocycles. The van der Waals surface area contributed by atoms with Crippen molar-refractivity contribution in [3.05, 3.63) is 39.5 Å². The van der Waals surface area contributed by atoms with Gasteiger partial charge in [-0.05, 0) is 66.5 Å². The first kappa shape index (κ1) is 15.6. The zero-order chi connectivity index (χ0) is 14.7. The van der Waals surface area contributed by atoms with Gasteiger partial charge < -0.3 is 9.73 Å². The summed E-state index contributed by atoms with van der Waals surface area (Å²) in [5, 5.41) is 8.32. The largest absolute Gasteiger partial charge is 0.448 e. The number of furan rings is 1. The Morgan fingerprint density at radius 2 is 2.20 bits per heavy atom. The van der Waals surface area contributed by atoms with Crippen LogP contribution in [0, 0.1) is 0 Å². The highest BCUT2D eigenvalue weighted by Crippen LogP contribution is 2.32.